The molecule has 0 unspecified atom stereocenters. The van der Waals surface area contributed by atoms with Crippen LogP contribution in [0.25, 0.3) is 0 Å². The summed E-state index contributed by atoms with van der Waals surface area (Å²) in [6.45, 7) is 2.01. The van der Waals surface area contributed by atoms with Crippen LogP contribution < -0.4 is 9.47 Å². The van der Waals surface area contributed by atoms with E-state index in [1.807, 2.05) is 48.3 Å². The fourth-order valence-electron chi connectivity index (χ4n) is 2.44. The van der Waals surface area contributed by atoms with Crippen molar-refractivity contribution in [2.45, 2.75) is 6.54 Å². The number of nitrogens with zero attached hydrogens (tertiary/aromatic N) is 2. The van der Waals surface area contributed by atoms with Crippen LogP contribution in [-0.2, 0) is 11.3 Å². The molecule has 0 aliphatic heterocycles. The molecule has 0 saturated heterocycles. The van der Waals surface area contributed by atoms with Gasteiger partial charge in [-0.1, -0.05) is 29.8 Å². The zero-order chi connectivity index (χ0) is 18.9. The molecule has 0 N–H and O–H groups in total. The molecule has 0 aliphatic rings. The van der Waals surface area contributed by atoms with Gasteiger partial charge < -0.3 is 14.4 Å². The average Bonchev–Trinajstić information content (AvgIpc) is 2.62. The van der Waals surface area contributed by atoms with Gasteiger partial charge in [-0.15, -0.1) is 0 Å². The maximum absolute atomic E-state index is 12.4. The van der Waals surface area contributed by atoms with Gasteiger partial charge in [0, 0.05) is 25.2 Å². The molecule has 0 aliphatic carbocycles. The number of ether oxygens (including phenoxy) is 2. The van der Waals surface area contributed by atoms with Gasteiger partial charge >= 0.3 is 0 Å². The molecule has 0 saturated carbocycles. The van der Waals surface area contributed by atoms with Crippen molar-refractivity contribution >= 4 is 17.5 Å². The summed E-state index contributed by atoms with van der Waals surface area (Å²) in [5.41, 5.74) is 1.03. The van der Waals surface area contributed by atoms with Crippen molar-refractivity contribution in [3.63, 3.8) is 0 Å². The molecule has 2 rings (SSSR count). The van der Waals surface area contributed by atoms with Gasteiger partial charge in [0.25, 0.3) is 0 Å². The topological polar surface area (TPSA) is 42.0 Å². The minimum absolute atomic E-state index is 0.0538. The highest BCUT2D eigenvalue weighted by Crippen LogP contribution is 2.17. The maximum Gasteiger partial charge on any atom is 0.236 e. The lowest BCUT2D eigenvalue weighted by molar-refractivity contribution is -0.131. The Bertz CT molecular complexity index is 724. The van der Waals surface area contributed by atoms with E-state index in [0.29, 0.717) is 31.3 Å². The molecule has 140 valence electrons. The average molecular weight is 377 g/mol. The Morgan fingerprint density at radius 2 is 1.81 bits per heavy atom. The van der Waals surface area contributed by atoms with E-state index >= 15 is 0 Å². The normalized spacial score (nSPS) is 10.7. The Hall–Kier alpha value is -2.24. The largest absolute Gasteiger partial charge is 0.497 e. The zero-order valence-electron chi connectivity index (χ0n) is 15.4. The molecule has 26 heavy (non-hydrogen) atoms. The quantitative estimate of drug-likeness (QED) is 0.673. The number of amides is 1. The molecule has 6 heteroatoms. The van der Waals surface area contributed by atoms with E-state index in [0.717, 1.165) is 17.1 Å². The number of benzene rings is 2. The van der Waals surface area contributed by atoms with Crippen molar-refractivity contribution in [1.82, 2.24) is 9.80 Å². The number of hydrogen-bond donors (Lipinski definition) is 0. The second-order valence-corrected chi connectivity index (χ2v) is 6.58. The second-order valence-electron chi connectivity index (χ2n) is 6.14. The number of rotatable bonds is 9. The van der Waals surface area contributed by atoms with E-state index in [-0.39, 0.29) is 5.91 Å². The van der Waals surface area contributed by atoms with E-state index < -0.39 is 0 Å². The highest BCUT2D eigenvalue weighted by Gasteiger charge is 2.12. The summed E-state index contributed by atoms with van der Waals surface area (Å²) in [7, 11) is 5.34. The van der Waals surface area contributed by atoms with Crippen LogP contribution in [0.1, 0.15) is 5.56 Å². The highest BCUT2D eigenvalue weighted by atomic mass is 35.5. The molecule has 2 aromatic rings. The van der Waals surface area contributed by atoms with Crippen LogP contribution in [0, 0.1) is 0 Å². The summed E-state index contributed by atoms with van der Waals surface area (Å²) >= 11 is 5.93. The first kappa shape index (κ1) is 20.1. The fourth-order valence-corrected chi connectivity index (χ4v) is 2.62. The summed E-state index contributed by atoms with van der Waals surface area (Å²) in [4.78, 5) is 16.0. The lowest BCUT2D eigenvalue weighted by Gasteiger charge is -2.22. The van der Waals surface area contributed by atoms with Gasteiger partial charge in [-0.05, 0) is 42.9 Å². The Labute approximate surface area is 160 Å². The molecule has 0 heterocycles. The lowest BCUT2D eigenvalue weighted by Crippen LogP contribution is -2.37. The Balaban J connectivity index is 1.74. The first-order valence-electron chi connectivity index (χ1n) is 8.41. The predicted octanol–water partition coefficient (Wildman–Crippen LogP) is 3.32. The Morgan fingerprint density at radius 1 is 1.08 bits per heavy atom. The first-order valence-corrected chi connectivity index (χ1v) is 8.79. The molecular weight excluding hydrogens is 352 g/mol. The van der Waals surface area contributed by atoms with Crippen molar-refractivity contribution in [3.8, 4) is 11.5 Å². The number of likely N-dealkylation sites (N-methyl/N-ethyl adjacent to an activating group) is 2. The molecule has 0 spiro atoms. The van der Waals surface area contributed by atoms with Gasteiger partial charge in [0.1, 0.15) is 18.1 Å². The van der Waals surface area contributed by atoms with Gasteiger partial charge in [-0.25, -0.2) is 0 Å². The van der Waals surface area contributed by atoms with Gasteiger partial charge in [-0.2, -0.15) is 0 Å². The molecule has 5 nitrogen and oxygen atoms in total. The van der Waals surface area contributed by atoms with E-state index in [2.05, 4.69) is 0 Å². The molecule has 0 bridgehead atoms. The van der Waals surface area contributed by atoms with Crippen LogP contribution in [-0.4, -0.2) is 56.6 Å². The number of carbonyl (C=O) groups excluding carboxylic acids is 1. The number of methoxy groups -OCH3 is 1. The van der Waals surface area contributed by atoms with Crippen LogP contribution in [0.4, 0.5) is 0 Å². The summed E-state index contributed by atoms with van der Waals surface area (Å²) < 4.78 is 10.9. The van der Waals surface area contributed by atoms with E-state index in [1.165, 1.54) is 0 Å². The molecule has 0 fully saturated rings. The molecule has 1 amide bonds. The summed E-state index contributed by atoms with van der Waals surface area (Å²) in [5, 5.41) is 0.644. The zero-order valence-corrected chi connectivity index (χ0v) is 16.2. The minimum Gasteiger partial charge on any atom is -0.497 e. The number of hydrogen-bond acceptors (Lipinski definition) is 4. The minimum atomic E-state index is 0.0538. The predicted molar refractivity (Wildman–Crippen MR) is 104 cm³/mol. The standard InChI is InChI=1S/C20H25ClN2O3/c1-22(10-11-26-19-9-5-7-17(21)13-19)15-20(24)23(2)14-16-6-4-8-18(12-16)25-3/h4-9,12-13H,10-11,14-15H2,1-3H3. The Kier molecular flexibility index (Phi) is 7.75. The maximum atomic E-state index is 12.4. The SMILES string of the molecule is COc1cccc(CN(C)C(=O)CN(C)CCOc2cccc(Cl)c2)c1. The summed E-state index contributed by atoms with van der Waals surface area (Å²) in [6, 6.07) is 15.0. The van der Waals surface area contributed by atoms with E-state index in [4.69, 9.17) is 21.1 Å². The molecule has 0 radical (unpaired) electrons. The summed E-state index contributed by atoms with van der Waals surface area (Å²) in [6.07, 6.45) is 0. The Morgan fingerprint density at radius 3 is 2.54 bits per heavy atom. The monoisotopic (exact) mass is 376 g/mol. The summed E-state index contributed by atoms with van der Waals surface area (Å²) in [5.74, 6) is 1.57. The van der Waals surface area contributed by atoms with Crippen LogP contribution in [0.2, 0.25) is 5.02 Å². The molecule has 0 atom stereocenters. The number of halogens is 1. The van der Waals surface area contributed by atoms with Gasteiger partial charge in [0.15, 0.2) is 0 Å². The third-order valence-corrected chi connectivity index (χ3v) is 4.16. The molecule has 2 aromatic carbocycles. The fraction of sp³-hybridized carbons (Fsp3) is 0.350. The van der Waals surface area contributed by atoms with E-state index in [1.54, 1.807) is 31.2 Å². The molecular formula is C20H25ClN2O3. The van der Waals surface area contributed by atoms with E-state index in [9.17, 15) is 4.79 Å². The van der Waals surface area contributed by atoms with Crippen molar-refractivity contribution in [2.75, 3.05) is 40.9 Å². The third kappa shape index (κ3) is 6.58. The van der Waals surface area contributed by atoms with Gasteiger partial charge in [0.2, 0.25) is 5.91 Å². The van der Waals surface area contributed by atoms with Gasteiger partial charge in [-0.3, -0.25) is 9.69 Å². The van der Waals surface area contributed by atoms with Gasteiger partial charge in [0.05, 0.1) is 13.7 Å². The third-order valence-electron chi connectivity index (χ3n) is 3.92. The first-order chi connectivity index (χ1) is 12.5. The van der Waals surface area contributed by atoms with Crippen LogP contribution in [0.3, 0.4) is 0 Å². The molecule has 0 aromatic heterocycles. The second kappa shape index (κ2) is 10.0. The lowest BCUT2D eigenvalue weighted by atomic mass is 10.2. The van der Waals surface area contributed by atoms with Crippen molar-refractivity contribution < 1.29 is 14.3 Å². The van der Waals surface area contributed by atoms with Crippen LogP contribution >= 0.6 is 11.6 Å². The van der Waals surface area contributed by atoms with Crippen molar-refractivity contribution in [1.29, 1.82) is 0 Å². The van der Waals surface area contributed by atoms with Crippen molar-refractivity contribution in [3.05, 3.63) is 59.1 Å². The van der Waals surface area contributed by atoms with Crippen molar-refractivity contribution in [2.24, 2.45) is 0 Å². The highest BCUT2D eigenvalue weighted by molar-refractivity contribution is 6.30. The van der Waals surface area contributed by atoms with Crippen LogP contribution in [0.15, 0.2) is 48.5 Å². The van der Waals surface area contributed by atoms with Crippen LogP contribution in [0.5, 0.6) is 11.5 Å². The smallest absolute Gasteiger partial charge is 0.236 e. The number of carbonyl (C=O) groups is 1.